The summed E-state index contributed by atoms with van der Waals surface area (Å²) in [6, 6.07) is 5.56. The maximum Gasteiger partial charge on any atom is 0.238 e. The number of nitrogens with one attached hydrogen (secondary N) is 1. The zero-order valence-electron chi connectivity index (χ0n) is 12.4. The molecule has 1 heterocycles. The van der Waals surface area contributed by atoms with Crippen LogP contribution in [0.2, 0.25) is 5.02 Å². The predicted octanol–water partition coefficient (Wildman–Crippen LogP) is 3.56. The van der Waals surface area contributed by atoms with Gasteiger partial charge in [-0.3, -0.25) is 9.69 Å². The van der Waals surface area contributed by atoms with Crippen molar-refractivity contribution >= 4 is 23.2 Å². The molecule has 4 heteroatoms. The van der Waals surface area contributed by atoms with E-state index < -0.39 is 0 Å². The zero-order chi connectivity index (χ0) is 14.7. The van der Waals surface area contributed by atoms with Gasteiger partial charge in [0, 0.05) is 23.8 Å². The number of carbonyl (C=O) groups excluding carboxylic acids is 1. The van der Waals surface area contributed by atoms with Crippen molar-refractivity contribution in [2.75, 3.05) is 25.0 Å². The Labute approximate surface area is 126 Å². The highest BCUT2D eigenvalue weighted by Crippen LogP contribution is 2.22. The van der Waals surface area contributed by atoms with Crippen LogP contribution in [0.5, 0.6) is 0 Å². The van der Waals surface area contributed by atoms with Gasteiger partial charge >= 0.3 is 0 Å². The molecule has 1 aliphatic rings. The van der Waals surface area contributed by atoms with Crippen LogP contribution in [-0.4, -0.2) is 30.4 Å². The largest absolute Gasteiger partial charge is 0.325 e. The van der Waals surface area contributed by atoms with Crippen molar-refractivity contribution in [3.63, 3.8) is 0 Å². The first-order valence-electron chi connectivity index (χ1n) is 7.22. The zero-order valence-corrected chi connectivity index (χ0v) is 13.2. The van der Waals surface area contributed by atoms with E-state index in [0.717, 1.165) is 24.3 Å². The lowest BCUT2D eigenvalue weighted by molar-refractivity contribution is -0.117. The van der Waals surface area contributed by atoms with E-state index in [1.807, 2.05) is 19.1 Å². The Hall–Kier alpha value is -1.06. The summed E-state index contributed by atoms with van der Waals surface area (Å²) in [7, 11) is 0. The van der Waals surface area contributed by atoms with Gasteiger partial charge in [-0.25, -0.2) is 0 Å². The Kier molecular flexibility index (Phi) is 5.06. The molecule has 0 spiro atoms. The van der Waals surface area contributed by atoms with E-state index in [1.54, 1.807) is 6.07 Å². The minimum atomic E-state index is 0.0386. The molecular weight excluding hydrogens is 272 g/mol. The van der Waals surface area contributed by atoms with Gasteiger partial charge in [-0.05, 0) is 42.9 Å². The number of amides is 1. The Morgan fingerprint density at radius 2 is 2.00 bits per heavy atom. The number of nitrogens with zero attached hydrogens (tertiary/aromatic N) is 1. The number of rotatable bonds is 3. The Balaban J connectivity index is 1.93. The Morgan fingerprint density at radius 1 is 1.35 bits per heavy atom. The molecule has 1 saturated heterocycles. The van der Waals surface area contributed by atoms with E-state index in [1.165, 1.54) is 6.42 Å². The van der Waals surface area contributed by atoms with Gasteiger partial charge in [-0.15, -0.1) is 0 Å². The van der Waals surface area contributed by atoms with Crippen molar-refractivity contribution in [2.24, 2.45) is 11.8 Å². The molecule has 110 valence electrons. The van der Waals surface area contributed by atoms with E-state index >= 15 is 0 Å². The summed E-state index contributed by atoms with van der Waals surface area (Å²) < 4.78 is 0. The first-order valence-corrected chi connectivity index (χ1v) is 7.60. The Bertz CT molecular complexity index is 479. The monoisotopic (exact) mass is 294 g/mol. The van der Waals surface area contributed by atoms with Crippen molar-refractivity contribution in [1.82, 2.24) is 4.90 Å². The number of piperidine rings is 1. The van der Waals surface area contributed by atoms with Crippen molar-refractivity contribution in [1.29, 1.82) is 0 Å². The second-order valence-corrected chi connectivity index (χ2v) is 6.58. The third-order valence-corrected chi connectivity index (χ3v) is 4.02. The number of halogens is 1. The van der Waals surface area contributed by atoms with E-state index in [-0.39, 0.29) is 5.91 Å². The highest BCUT2D eigenvalue weighted by atomic mass is 35.5. The van der Waals surface area contributed by atoms with Gasteiger partial charge in [0.2, 0.25) is 5.91 Å². The predicted molar refractivity (Wildman–Crippen MR) is 84.2 cm³/mol. The molecule has 1 aliphatic heterocycles. The molecule has 1 fully saturated rings. The fourth-order valence-electron chi connectivity index (χ4n) is 3.04. The van der Waals surface area contributed by atoms with Crippen LogP contribution in [0.4, 0.5) is 5.69 Å². The summed E-state index contributed by atoms with van der Waals surface area (Å²) in [4.78, 5) is 14.4. The summed E-state index contributed by atoms with van der Waals surface area (Å²) in [5, 5.41) is 3.61. The summed E-state index contributed by atoms with van der Waals surface area (Å²) in [6.07, 6.45) is 1.26. The van der Waals surface area contributed by atoms with Crippen LogP contribution in [0.3, 0.4) is 0 Å². The van der Waals surface area contributed by atoms with Gasteiger partial charge in [0.05, 0.1) is 6.54 Å². The first kappa shape index (κ1) is 15.3. The van der Waals surface area contributed by atoms with Crippen LogP contribution in [0.25, 0.3) is 0 Å². The molecule has 1 aromatic carbocycles. The molecule has 0 aromatic heterocycles. The van der Waals surface area contributed by atoms with Gasteiger partial charge in [0.1, 0.15) is 0 Å². The molecule has 3 nitrogen and oxygen atoms in total. The van der Waals surface area contributed by atoms with Crippen molar-refractivity contribution in [3.8, 4) is 0 Å². The second-order valence-electron chi connectivity index (χ2n) is 6.15. The minimum Gasteiger partial charge on any atom is -0.325 e. The molecule has 20 heavy (non-hydrogen) atoms. The van der Waals surface area contributed by atoms with Gasteiger partial charge in [-0.2, -0.15) is 0 Å². The van der Waals surface area contributed by atoms with Gasteiger partial charge in [-0.1, -0.05) is 31.5 Å². The highest BCUT2D eigenvalue weighted by molar-refractivity contribution is 6.31. The summed E-state index contributed by atoms with van der Waals surface area (Å²) in [5.41, 5.74) is 1.84. The molecule has 1 N–H and O–H groups in total. The van der Waals surface area contributed by atoms with Crippen LogP contribution in [0, 0.1) is 18.8 Å². The van der Waals surface area contributed by atoms with Crippen molar-refractivity contribution in [2.45, 2.75) is 27.2 Å². The highest BCUT2D eigenvalue weighted by Gasteiger charge is 2.23. The fraction of sp³-hybridized carbons (Fsp3) is 0.562. The van der Waals surface area contributed by atoms with Crippen LogP contribution in [0.15, 0.2) is 18.2 Å². The molecule has 1 amide bonds. The lowest BCUT2D eigenvalue weighted by atomic mass is 9.92. The Morgan fingerprint density at radius 3 is 2.65 bits per heavy atom. The molecule has 0 bridgehead atoms. The van der Waals surface area contributed by atoms with Gasteiger partial charge < -0.3 is 5.32 Å². The standard InChI is InChI=1S/C16H23ClN2O/c1-11-6-12(2)9-19(8-11)10-16(20)18-15-7-14(17)5-4-13(15)3/h4-5,7,11-12H,6,8-10H2,1-3H3,(H,18,20)/t11-,12-/m0/s1. The van der Waals surface area contributed by atoms with E-state index in [0.29, 0.717) is 23.4 Å². The average Bonchev–Trinajstić information content (AvgIpc) is 2.32. The quantitative estimate of drug-likeness (QED) is 0.924. The normalized spacial score (nSPS) is 23.6. The van der Waals surface area contributed by atoms with Crippen LogP contribution < -0.4 is 5.32 Å². The van der Waals surface area contributed by atoms with E-state index in [4.69, 9.17) is 11.6 Å². The maximum atomic E-state index is 12.2. The molecule has 0 unspecified atom stereocenters. The minimum absolute atomic E-state index is 0.0386. The third-order valence-electron chi connectivity index (χ3n) is 3.79. The number of benzene rings is 1. The van der Waals surface area contributed by atoms with Gasteiger partial charge in [0.25, 0.3) is 0 Å². The number of likely N-dealkylation sites (tertiary alicyclic amines) is 1. The fourth-order valence-corrected chi connectivity index (χ4v) is 3.21. The molecule has 2 rings (SSSR count). The van der Waals surface area contributed by atoms with Crippen molar-refractivity contribution in [3.05, 3.63) is 28.8 Å². The van der Waals surface area contributed by atoms with Gasteiger partial charge in [0.15, 0.2) is 0 Å². The number of hydrogen-bond donors (Lipinski definition) is 1. The van der Waals surface area contributed by atoms with E-state index in [9.17, 15) is 4.79 Å². The SMILES string of the molecule is Cc1ccc(Cl)cc1NC(=O)CN1C[C@@H](C)C[C@H](C)C1. The number of carbonyl (C=O) groups is 1. The second kappa shape index (κ2) is 6.59. The van der Waals surface area contributed by atoms with Crippen molar-refractivity contribution < 1.29 is 4.79 Å². The maximum absolute atomic E-state index is 12.2. The molecule has 2 atom stereocenters. The van der Waals surface area contributed by atoms with Crippen LogP contribution in [-0.2, 0) is 4.79 Å². The molecule has 0 radical (unpaired) electrons. The lowest BCUT2D eigenvalue weighted by Crippen LogP contribution is -2.42. The topological polar surface area (TPSA) is 32.3 Å². The third kappa shape index (κ3) is 4.22. The summed E-state index contributed by atoms with van der Waals surface area (Å²) in [6.45, 7) is 8.94. The molecule has 1 aromatic rings. The number of anilines is 1. The lowest BCUT2D eigenvalue weighted by Gasteiger charge is -2.34. The average molecular weight is 295 g/mol. The molecule has 0 aliphatic carbocycles. The van der Waals surface area contributed by atoms with Crippen LogP contribution >= 0.6 is 11.6 Å². The first-order chi connectivity index (χ1) is 9.44. The number of hydrogen-bond acceptors (Lipinski definition) is 2. The summed E-state index contributed by atoms with van der Waals surface area (Å²) in [5.74, 6) is 1.37. The van der Waals surface area contributed by atoms with Crippen LogP contribution in [0.1, 0.15) is 25.8 Å². The molecular formula is C16H23ClN2O. The smallest absolute Gasteiger partial charge is 0.238 e. The van der Waals surface area contributed by atoms with E-state index in [2.05, 4.69) is 24.1 Å². The molecule has 0 saturated carbocycles. The summed E-state index contributed by atoms with van der Waals surface area (Å²) >= 11 is 5.97. The number of aryl methyl sites for hydroxylation is 1.